The summed E-state index contributed by atoms with van der Waals surface area (Å²) in [5.41, 5.74) is 0.987. The molecule has 1 saturated heterocycles. The van der Waals surface area contributed by atoms with Gasteiger partial charge >= 0.3 is 5.97 Å². The van der Waals surface area contributed by atoms with E-state index in [1.807, 2.05) is 7.11 Å². The summed E-state index contributed by atoms with van der Waals surface area (Å²) in [6.45, 7) is 15.7. The number of esters is 1. The van der Waals surface area contributed by atoms with E-state index in [-0.39, 0.29) is 23.3 Å². The quantitative estimate of drug-likeness (QED) is 0.306. The highest BCUT2D eigenvalue weighted by atomic mass is 16.6. The van der Waals surface area contributed by atoms with E-state index < -0.39 is 0 Å². The Morgan fingerprint density at radius 3 is 2.34 bits per heavy atom. The summed E-state index contributed by atoms with van der Waals surface area (Å²) in [4.78, 5) is 12.2. The van der Waals surface area contributed by atoms with E-state index in [4.69, 9.17) is 14.2 Å². The molecule has 12 atom stereocenters. The van der Waals surface area contributed by atoms with Crippen LogP contribution in [0.1, 0.15) is 106 Å². The van der Waals surface area contributed by atoms with Crippen molar-refractivity contribution in [2.24, 2.45) is 51.8 Å². The molecule has 0 bridgehead atoms. The molecule has 1 aliphatic heterocycles. The largest absolute Gasteiger partial charge is 0.462 e. The average molecular weight is 487 g/mol. The zero-order valence-electron chi connectivity index (χ0n) is 23.6. The monoisotopic (exact) mass is 486 g/mol. The predicted molar refractivity (Wildman–Crippen MR) is 137 cm³/mol. The Hall–Kier alpha value is -0.610. The third kappa shape index (κ3) is 3.14. The second kappa shape index (κ2) is 7.49. The zero-order chi connectivity index (χ0) is 25.2. The van der Waals surface area contributed by atoms with Gasteiger partial charge in [0.1, 0.15) is 6.10 Å². The number of methoxy groups -OCH3 is 1. The molecule has 0 unspecified atom stereocenters. The van der Waals surface area contributed by atoms with Crippen LogP contribution in [0.15, 0.2) is 0 Å². The summed E-state index contributed by atoms with van der Waals surface area (Å²) in [6, 6.07) is 0. The number of hydrogen-bond donors (Lipinski definition) is 0. The first-order chi connectivity index (χ1) is 16.3. The Labute approximate surface area is 213 Å². The molecular formula is C31H50O4. The van der Waals surface area contributed by atoms with Crippen molar-refractivity contribution in [1.29, 1.82) is 0 Å². The molecule has 4 heteroatoms. The smallest absolute Gasteiger partial charge is 0.302 e. The van der Waals surface area contributed by atoms with E-state index in [1.54, 1.807) is 6.92 Å². The predicted octanol–water partition coefficient (Wildman–Crippen LogP) is 6.80. The number of ether oxygens (including phenoxy) is 3. The van der Waals surface area contributed by atoms with Crippen molar-refractivity contribution in [3.8, 4) is 0 Å². The van der Waals surface area contributed by atoms with Crippen LogP contribution < -0.4 is 0 Å². The van der Waals surface area contributed by atoms with Gasteiger partial charge in [-0.05, 0) is 118 Å². The lowest BCUT2D eigenvalue weighted by atomic mass is 9.45. The molecule has 1 heterocycles. The first-order valence-corrected chi connectivity index (χ1v) is 14.7. The Morgan fingerprint density at radius 2 is 1.74 bits per heavy atom. The second-order valence-electron chi connectivity index (χ2n) is 15.0. The van der Waals surface area contributed by atoms with Crippen molar-refractivity contribution >= 4 is 5.97 Å². The maximum atomic E-state index is 12.2. The Balaban J connectivity index is 1.25. The first-order valence-electron chi connectivity index (χ1n) is 14.7. The van der Waals surface area contributed by atoms with Crippen LogP contribution in [0.2, 0.25) is 0 Å². The van der Waals surface area contributed by atoms with Crippen LogP contribution in [-0.2, 0) is 19.0 Å². The lowest BCUT2D eigenvalue weighted by Gasteiger charge is -2.61. The normalized spacial score (nSPS) is 54.6. The van der Waals surface area contributed by atoms with Gasteiger partial charge in [-0.1, -0.05) is 20.8 Å². The van der Waals surface area contributed by atoms with Crippen LogP contribution in [0.5, 0.6) is 0 Å². The molecule has 0 aromatic carbocycles. The lowest BCUT2D eigenvalue weighted by molar-refractivity contribution is -0.166. The summed E-state index contributed by atoms with van der Waals surface area (Å²) in [5, 5.41) is 0. The third-order valence-electron chi connectivity index (χ3n) is 13.7. The van der Waals surface area contributed by atoms with Crippen molar-refractivity contribution in [2.45, 2.75) is 130 Å². The number of rotatable bonds is 6. The fraction of sp³-hybridized carbons (Fsp3) is 0.968. The zero-order valence-corrected chi connectivity index (χ0v) is 23.6. The molecule has 1 spiro atoms. The Kier molecular flexibility index (Phi) is 5.29. The molecule has 5 aliphatic carbocycles. The minimum atomic E-state index is -0.195. The highest BCUT2D eigenvalue weighted by molar-refractivity contribution is 5.66. The Bertz CT molecular complexity index is 898. The molecule has 6 aliphatic rings. The summed E-state index contributed by atoms with van der Waals surface area (Å²) in [7, 11) is 1.99. The molecule has 4 nitrogen and oxygen atoms in total. The molecule has 0 amide bonds. The molecule has 0 aromatic rings. The minimum Gasteiger partial charge on any atom is -0.462 e. The van der Waals surface area contributed by atoms with Gasteiger partial charge < -0.3 is 14.2 Å². The average Bonchev–Trinajstić information content (AvgIpc) is 3.50. The fourth-order valence-corrected chi connectivity index (χ4v) is 11.5. The van der Waals surface area contributed by atoms with Crippen LogP contribution in [-0.4, -0.2) is 36.5 Å². The van der Waals surface area contributed by atoms with Crippen molar-refractivity contribution in [2.75, 3.05) is 7.11 Å². The highest BCUT2D eigenvalue weighted by Crippen LogP contribution is 2.82. The van der Waals surface area contributed by atoms with Gasteiger partial charge in [-0.25, -0.2) is 0 Å². The van der Waals surface area contributed by atoms with Gasteiger partial charge in [0.25, 0.3) is 0 Å². The van der Waals surface area contributed by atoms with Crippen LogP contribution in [0.25, 0.3) is 0 Å². The number of hydrogen-bond acceptors (Lipinski definition) is 4. The SMILES string of the molecule is CO[C@@H]1C[C@H]2[C@@H]3CC[C@H]([C@H](C)[C@@H](C[C@]4(C)OC4(C)C)OC(C)=O)[C@@]3(C)CC[C@@H]2[C@@]2(C)CC[C@@H]3C[C@]312. The van der Waals surface area contributed by atoms with Gasteiger partial charge in [0.2, 0.25) is 0 Å². The van der Waals surface area contributed by atoms with Crippen molar-refractivity contribution < 1.29 is 19.0 Å². The number of carbonyl (C=O) groups is 1. The van der Waals surface area contributed by atoms with E-state index in [0.29, 0.717) is 34.2 Å². The van der Waals surface area contributed by atoms with E-state index in [0.717, 1.165) is 30.1 Å². The van der Waals surface area contributed by atoms with Crippen LogP contribution in [0.4, 0.5) is 0 Å². The molecule has 0 aromatic heterocycles. The summed E-state index contributed by atoms with van der Waals surface area (Å²) < 4.78 is 18.5. The molecular weight excluding hydrogens is 436 g/mol. The van der Waals surface area contributed by atoms with E-state index in [1.165, 1.54) is 51.4 Å². The molecule has 198 valence electrons. The standard InChI is InChI=1S/C31H50O4/c1-18(25(34-19(2)32)17-30(7)27(3,4)35-30)22-9-10-23-21-15-26(33-8)31-16-20(31)11-14-29(31,6)24(21)12-13-28(22,23)5/h18,20-26H,9-17H2,1-8H3/t18-,20+,21-,22+,23-,24-,25+,26+,28+,29+,30-,31-/m0/s1. The van der Waals surface area contributed by atoms with Gasteiger partial charge in [-0.15, -0.1) is 0 Å². The topological polar surface area (TPSA) is 48.1 Å². The molecule has 35 heavy (non-hydrogen) atoms. The molecule has 0 N–H and O–H groups in total. The molecule has 5 saturated carbocycles. The van der Waals surface area contributed by atoms with E-state index in [2.05, 4.69) is 41.5 Å². The van der Waals surface area contributed by atoms with Gasteiger partial charge in [0.15, 0.2) is 0 Å². The minimum absolute atomic E-state index is 0.0708. The van der Waals surface area contributed by atoms with E-state index in [9.17, 15) is 4.79 Å². The maximum Gasteiger partial charge on any atom is 0.302 e. The third-order valence-corrected chi connectivity index (χ3v) is 13.7. The van der Waals surface area contributed by atoms with Crippen molar-refractivity contribution in [3.05, 3.63) is 0 Å². The number of carbonyl (C=O) groups excluding carboxylic acids is 1. The van der Waals surface area contributed by atoms with Crippen LogP contribution in [0, 0.1) is 51.8 Å². The fourth-order valence-electron chi connectivity index (χ4n) is 11.5. The van der Waals surface area contributed by atoms with Crippen LogP contribution in [0.3, 0.4) is 0 Å². The van der Waals surface area contributed by atoms with E-state index >= 15 is 0 Å². The summed E-state index contributed by atoms with van der Waals surface area (Å²) in [5.74, 6) is 4.18. The molecule has 6 fully saturated rings. The molecule has 6 rings (SSSR count). The maximum absolute atomic E-state index is 12.2. The highest BCUT2D eigenvalue weighted by Gasteiger charge is 2.77. The first kappa shape index (κ1) is 24.7. The second-order valence-corrected chi connectivity index (χ2v) is 15.0. The van der Waals surface area contributed by atoms with Crippen LogP contribution >= 0.6 is 0 Å². The lowest BCUT2D eigenvalue weighted by Crippen LogP contribution is -2.57. The van der Waals surface area contributed by atoms with Gasteiger partial charge in [-0.2, -0.15) is 0 Å². The van der Waals surface area contributed by atoms with Gasteiger partial charge in [-0.3, -0.25) is 4.79 Å². The van der Waals surface area contributed by atoms with Gasteiger partial charge in [0.05, 0.1) is 17.3 Å². The number of epoxide rings is 1. The summed E-state index contributed by atoms with van der Waals surface area (Å²) in [6.07, 6.45) is 12.1. The summed E-state index contributed by atoms with van der Waals surface area (Å²) >= 11 is 0. The molecule has 0 radical (unpaired) electrons. The van der Waals surface area contributed by atoms with Crippen molar-refractivity contribution in [3.63, 3.8) is 0 Å². The number of fused-ring (bicyclic) bond motifs is 4. The van der Waals surface area contributed by atoms with Gasteiger partial charge in [0, 0.05) is 25.9 Å². The van der Waals surface area contributed by atoms with Crippen molar-refractivity contribution in [1.82, 2.24) is 0 Å². The Morgan fingerprint density at radius 1 is 1.03 bits per heavy atom.